The third kappa shape index (κ3) is 3.00. The lowest BCUT2D eigenvalue weighted by molar-refractivity contribution is 0.436. The largest absolute Gasteiger partial charge is 0.326 e. The minimum atomic E-state index is -3.51. The molecule has 0 heterocycles. The van der Waals surface area contributed by atoms with E-state index in [1.165, 1.54) is 10.4 Å². The maximum atomic E-state index is 12.5. The van der Waals surface area contributed by atoms with Crippen molar-refractivity contribution in [1.82, 2.24) is 4.31 Å². The van der Waals surface area contributed by atoms with Crippen molar-refractivity contribution in [3.63, 3.8) is 0 Å². The van der Waals surface area contributed by atoms with Crippen molar-refractivity contribution in [2.24, 2.45) is 5.73 Å². The number of rotatable bonds is 6. The summed E-state index contributed by atoms with van der Waals surface area (Å²) in [6.07, 6.45) is 3.41. The molecule has 0 atom stereocenters. The molecule has 19 heavy (non-hydrogen) atoms. The van der Waals surface area contributed by atoms with E-state index in [9.17, 15) is 8.42 Å². The molecule has 1 aliphatic rings. The third-order valence-electron chi connectivity index (χ3n) is 3.11. The molecule has 6 heteroatoms. The number of hydrogen-bond donors (Lipinski definition) is 1. The molecular formula is C13H17ClN2O2S. The Labute approximate surface area is 118 Å². The third-order valence-corrected chi connectivity index (χ3v) is 5.38. The summed E-state index contributed by atoms with van der Waals surface area (Å²) in [5.74, 6) is 0. The van der Waals surface area contributed by atoms with Gasteiger partial charge in [0.25, 0.3) is 0 Å². The van der Waals surface area contributed by atoms with Crippen LogP contribution in [0.5, 0.6) is 0 Å². The Morgan fingerprint density at radius 3 is 2.63 bits per heavy atom. The van der Waals surface area contributed by atoms with Gasteiger partial charge in [0.15, 0.2) is 0 Å². The zero-order chi connectivity index (χ0) is 14.0. The Morgan fingerprint density at radius 1 is 1.47 bits per heavy atom. The average Bonchev–Trinajstić information content (AvgIpc) is 3.19. The molecule has 2 rings (SSSR count). The van der Waals surface area contributed by atoms with Crippen LogP contribution in [0.25, 0.3) is 0 Å². The molecule has 104 valence electrons. The van der Waals surface area contributed by atoms with E-state index in [0.29, 0.717) is 11.6 Å². The van der Waals surface area contributed by atoms with E-state index in [2.05, 4.69) is 6.58 Å². The van der Waals surface area contributed by atoms with E-state index < -0.39 is 10.0 Å². The predicted octanol–water partition coefficient (Wildman–Crippen LogP) is 2.14. The van der Waals surface area contributed by atoms with Crippen LogP contribution in [0.3, 0.4) is 0 Å². The van der Waals surface area contributed by atoms with Gasteiger partial charge in [-0.25, -0.2) is 8.42 Å². The minimum Gasteiger partial charge on any atom is -0.326 e. The highest BCUT2D eigenvalue weighted by Gasteiger charge is 2.37. The quantitative estimate of drug-likeness (QED) is 0.819. The number of nitrogens with zero attached hydrogens (tertiary/aromatic N) is 1. The molecule has 0 saturated heterocycles. The van der Waals surface area contributed by atoms with E-state index in [-0.39, 0.29) is 17.5 Å². The summed E-state index contributed by atoms with van der Waals surface area (Å²) >= 11 is 6.03. The van der Waals surface area contributed by atoms with E-state index in [1.807, 2.05) is 0 Å². The fourth-order valence-electron chi connectivity index (χ4n) is 1.92. The minimum absolute atomic E-state index is 0.0935. The zero-order valence-electron chi connectivity index (χ0n) is 10.5. The highest BCUT2D eigenvalue weighted by molar-refractivity contribution is 7.89. The van der Waals surface area contributed by atoms with Crippen LogP contribution in [0, 0.1) is 0 Å². The molecule has 0 aliphatic heterocycles. The lowest BCUT2D eigenvalue weighted by Gasteiger charge is -2.20. The van der Waals surface area contributed by atoms with Gasteiger partial charge < -0.3 is 5.73 Å². The number of sulfonamides is 1. The molecule has 1 fully saturated rings. The van der Waals surface area contributed by atoms with Gasteiger partial charge in [-0.2, -0.15) is 4.31 Å². The molecule has 1 aromatic carbocycles. The van der Waals surface area contributed by atoms with Crippen LogP contribution >= 0.6 is 11.6 Å². The van der Waals surface area contributed by atoms with Gasteiger partial charge >= 0.3 is 0 Å². The van der Waals surface area contributed by atoms with Crippen molar-refractivity contribution in [2.75, 3.05) is 6.54 Å². The second-order valence-corrected chi connectivity index (χ2v) is 6.85. The van der Waals surface area contributed by atoms with Crippen LogP contribution in [0.4, 0.5) is 0 Å². The van der Waals surface area contributed by atoms with Gasteiger partial charge in [0.1, 0.15) is 0 Å². The van der Waals surface area contributed by atoms with Crippen molar-refractivity contribution in [2.45, 2.75) is 30.3 Å². The van der Waals surface area contributed by atoms with Gasteiger partial charge in [0.05, 0.1) is 4.90 Å². The van der Waals surface area contributed by atoms with Gasteiger partial charge in [0.2, 0.25) is 10.0 Å². The van der Waals surface area contributed by atoms with Gasteiger partial charge in [0, 0.05) is 24.2 Å². The molecule has 1 aliphatic carbocycles. The first-order valence-electron chi connectivity index (χ1n) is 6.12. The van der Waals surface area contributed by atoms with Crippen LogP contribution in [-0.2, 0) is 16.6 Å². The first-order chi connectivity index (χ1) is 9.00. The van der Waals surface area contributed by atoms with Crippen molar-refractivity contribution < 1.29 is 8.42 Å². The monoisotopic (exact) mass is 300 g/mol. The highest BCUT2D eigenvalue weighted by atomic mass is 35.5. The van der Waals surface area contributed by atoms with Crippen LogP contribution in [0.1, 0.15) is 18.4 Å². The summed E-state index contributed by atoms with van der Waals surface area (Å²) in [7, 11) is -3.51. The lowest BCUT2D eigenvalue weighted by Crippen LogP contribution is -2.33. The molecular weight excluding hydrogens is 284 g/mol. The van der Waals surface area contributed by atoms with Crippen LogP contribution in [0.2, 0.25) is 5.02 Å². The highest BCUT2D eigenvalue weighted by Crippen LogP contribution is 2.32. The molecule has 0 unspecified atom stereocenters. The molecule has 1 saturated carbocycles. The van der Waals surface area contributed by atoms with Crippen LogP contribution < -0.4 is 5.73 Å². The molecule has 2 N–H and O–H groups in total. The standard InChI is InChI=1S/C13H17ClN2O2S/c1-2-7-16(11-4-5-11)19(17,18)12-6-3-10(9-15)13(14)8-12/h2-3,6,8,11H,1,4-5,7,9,15H2. The van der Waals surface area contributed by atoms with Gasteiger partial charge in [-0.1, -0.05) is 23.7 Å². The Balaban J connectivity index is 2.37. The molecule has 4 nitrogen and oxygen atoms in total. The fraction of sp³-hybridized carbons (Fsp3) is 0.385. The maximum absolute atomic E-state index is 12.5. The second-order valence-electron chi connectivity index (χ2n) is 4.55. The van der Waals surface area contributed by atoms with E-state index in [0.717, 1.165) is 18.4 Å². The van der Waals surface area contributed by atoms with Crippen LogP contribution in [0.15, 0.2) is 35.7 Å². The Kier molecular flexibility index (Phi) is 4.30. The first-order valence-corrected chi connectivity index (χ1v) is 7.93. The molecule has 0 bridgehead atoms. The molecule has 0 spiro atoms. The summed E-state index contributed by atoms with van der Waals surface area (Å²) in [4.78, 5) is 0.212. The lowest BCUT2D eigenvalue weighted by atomic mass is 10.2. The fourth-order valence-corrected chi connectivity index (χ4v) is 3.93. The Bertz CT molecular complexity index is 582. The van der Waals surface area contributed by atoms with Crippen LogP contribution in [-0.4, -0.2) is 25.3 Å². The molecule has 0 aromatic heterocycles. The summed E-state index contributed by atoms with van der Waals surface area (Å²) in [5.41, 5.74) is 6.26. The summed E-state index contributed by atoms with van der Waals surface area (Å²) in [6.45, 7) is 4.23. The SMILES string of the molecule is C=CCN(C1CC1)S(=O)(=O)c1ccc(CN)c(Cl)c1. The van der Waals surface area contributed by atoms with Crippen molar-refractivity contribution >= 4 is 21.6 Å². The first kappa shape index (κ1) is 14.5. The second kappa shape index (κ2) is 5.63. The van der Waals surface area contributed by atoms with Gasteiger partial charge in [-0.15, -0.1) is 6.58 Å². The normalized spacial score (nSPS) is 15.7. The predicted molar refractivity (Wildman–Crippen MR) is 76.5 cm³/mol. The number of nitrogens with two attached hydrogens (primary N) is 1. The Hall–Kier alpha value is -0.880. The summed E-state index contributed by atoms with van der Waals surface area (Å²) in [5, 5.41) is 0.387. The molecule has 0 radical (unpaired) electrons. The molecule has 1 aromatic rings. The summed E-state index contributed by atoms with van der Waals surface area (Å²) in [6, 6.07) is 4.78. The van der Waals surface area contributed by atoms with Gasteiger partial charge in [-0.05, 0) is 30.5 Å². The van der Waals surface area contributed by atoms with Crippen molar-refractivity contribution in [3.8, 4) is 0 Å². The zero-order valence-corrected chi connectivity index (χ0v) is 12.1. The molecule has 0 amide bonds. The number of hydrogen-bond acceptors (Lipinski definition) is 3. The van der Waals surface area contributed by atoms with Crippen molar-refractivity contribution in [1.29, 1.82) is 0 Å². The Morgan fingerprint density at radius 2 is 2.16 bits per heavy atom. The topological polar surface area (TPSA) is 63.4 Å². The smallest absolute Gasteiger partial charge is 0.243 e. The average molecular weight is 301 g/mol. The van der Waals surface area contributed by atoms with E-state index in [1.54, 1.807) is 18.2 Å². The summed E-state index contributed by atoms with van der Waals surface area (Å²) < 4.78 is 26.6. The maximum Gasteiger partial charge on any atom is 0.243 e. The number of halogens is 1. The number of benzene rings is 1. The van der Waals surface area contributed by atoms with E-state index in [4.69, 9.17) is 17.3 Å². The van der Waals surface area contributed by atoms with E-state index >= 15 is 0 Å². The van der Waals surface area contributed by atoms with Gasteiger partial charge in [-0.3, -0.25) is 0 Å². The van der Waals surface area contributed by atoms with Crippen molar-refractivity contribution in [3.05, 3.63) is 41.4 Å².